The summed E-state index contributed by atoms with van der Waals surface area (Å²) in [7, 11) is -4.13. The predicted molar refractivity (Wildman–Crippen MR) is 98.9 cm³/mol. The number of hydrogen-bond donors (Lipinski definition) is 2. The van der Waals surface area contributed by atoms with Gasteiger partial charge >= 0.3 is 5.97 Å². The fraction of sp³-hybridized carbons (Fsp3) is 0.944. The average Bonchev–Trinajstić information content (AvgIpc) is 2.57. The van der Waals surface area contributed by atoms with Gasteiger partial charge in [-0.05, 0) is 25.7 Å². The molecule has 25 heavy (non-hydrogen) atoms. The Morgan fingerprint density at radius 2 is 1.36 bits per heavy atom. The lowest BCUT2D eigenvalue weighted by Gasteiger charge is -2.18. The third-order valence-corrected chi connectivity index (χ3v) is 6.03. The van der Waals surface area contributed by atoms with E-state index in [0.29, 0.717) is 19.3 Å². The lowest BCUT2D eigenvalue weighted by molar-refractivity contribution is -0.239. The Morgan fingerprint density at radius 3 is 1.92 bits per heavy atom. The highest BCUT2D eigenvalue weighted by Crippen LogP contribution is 2.23. The zero-order chi connectivity index (χ0) is 19.1. The Morgan fingerprint density at radius 1 is 0.840 bits per heavy atom. The fourth-order valence-corrected chi connectivity index (χ4v) is 3.98. The second-order valence-corrected chi connectivity index (χ2v) is 8.57. The molecule has 0 aromatic carbocycles. The summed E-state index contributed by atoms with van der Waals surface area (Å²) >= 11 is 0. The summed E-state index contributed by atoms with van der Waals surface area (Å²) in [5.41, 5.74) is 0. The maximum Gasteiger partial charge on any atom is 0.345 e. The topological polar surface area (TPSA) is 101 Å². The van der Waals surface area contributed by atoms with E-state index in [2.05, 4.69) is 11.8 Å². The van der Waals surface area contributed by atoms with Gasteiger partial charge in [0.2, 0.25) is 0 Å². The van der Waals surface area contributed by atoms with E-state index in [1.165, 1.54) is 6.42 Å². The zero-order valence-corrected chi connectivity index (χ0v) is 16.6. The molecule has 0 aliphatic carbocycles. The molecule has 0 saturated heterocycles. The summed E-state index contributed by atoms with van der Waals surface area (Å²) in [6, 6.07) is 0. The van der Waals surface area contributed by atoms with Crippen molar-refractivity contribution in [1.29, 1.82) is 0 Å². The smallest absolute Gasteiger partial charge is 0.301 e. The van der Waals surface area contributed by atoms with Crippen molar-refractivity contribution in [2.45, 2.75) is 103 Å². The van der Waals surface area contributed by atoms with Gasteiger partial charge < -0.3 is 4.89 Å². The van der Waals surface area contributed by atoms with Crippen LogP contribution in [0, 0.1) is 5.92 Å². The molecular formula is C18H36O6S. The Balaban J connectivity index is 4.44. The Bertz CT molecular complexity index is 435. The largest absolute Gasteiger partial charge is 0.345 e. The molecule has 2 N–H and O–H groups in total. The minimum atomic E-state index is -4.13. The summed E-state index contributed by atoms with van der Waals surface area (Å²) in [6.45, 7) is 4.19. The van der Waals surface area contributed by atoms with Crippen LogP contribution in [-0.4, -0.2) is 29.4 Å². The molecule has 2 unspecified atom stereocenters. The third-order valence-electron chi connectivity index (χ3n) is 4.72. The second kappa shape index (κ2) is 14.5. The quantitative estimate of drug-likeness (QED) is 0.169. The SMILES string of the molecule is CCCCCCCCC(CCC(CCCCC)C(=O)OO)S(=O)(=O)O. The summed E-state index contributed by atoms with van der Waals surface area (Å²) < 4.78 is 32.6. The number of unbranched alkanes of at least 4 members (excludes halogenated alkanes) is 7. The number of rotatable bonds is 16. The van der Waals surface area contributed by atoms with Crippen LogP contribution in [0.4, 0.5) is 0 Å². The van der Waals surface area contributed by atoms with Gasteiger partial charge in [0.15, 0.2) is 0 Å². The van der Waals surface area contributed by atoms with Crippen molar-refractivity contribution in [3.8, 4) is 0 Å². The minimum absolute atomic E-state index is 0.208. The van der Waals surface area contributed by atoms with E-state index < -0.39 is 27.3 Å². The van der Waals surface area contributed by atoms with Gasteiger partial charge in [0.25, 0.3) is 10.1 Å². The molecule has 0 radical (unpaired) electrons. The van der Waals surface area contributed by atoms with Crippen molar-refractivity contribution in [2.24, 2.45) is 5.92 Å². The van der Waals surface area contributed by atoms with Crippen LogP contribution in [0.15, 0.2) is 0 Å². The second-order valence-electron chi connectivity index (χ2n) is 6.87. The molecule has 0 fully saturated rings. The van der Waals surface area contributed by atoms with Crippen molar-refractivity contribution >= 4 is 16.1 Å². The lowest BCUT2D eigenvalue weighted by Crippen LogP contribution is -2.24. The first-order valence-corrected chi connectivity index (χ1v) is 11.2. The third kappa shape index (κ3) is 12.3. The van der Waals surface area contributed by atoms with Crippen molar-refractivity contribution in [1.82, 2.24) is 0 Å². The molecule has 0 aliphatic heterocycles. The molecular weight excluding hydrogens is 344 g/mol. The first kappa shape index (κ1) is 24.3. The van der Waals surface area contributed by atoms with E-state index in [-0.39, 0.29) is 6.42 Å². The van der Waals surface area contributed by atoms with Gasteiger partial charge in [-0.1, -0.05) is 71.6 Å². The van der Waals surface area contributed by atoms with Crippen LogP contribution in [0.25, 0.3) is 0 Å². The number of carbonyl (C=O) groups is 1. The van der Waals surface area contributed by atoms with Crippen LogP contribution < -0.4 is 0 Å². The highest BCUT2D eigenvalue weighted by molar-refractivity contribution is 7.86. The molecule has 0 amide bonds. The highest BCUT2D eigenvalue weighted by atomic mass is 32.2. The monoisotopic (exact) mass is 380 g/mol. The molecule has 0 spiro atoms. The van der Waals surface area contributed by atoms with Crippen LogP contribution in [0.1, 0.15) is 97.3 Å². The summed E-state index contributed by atoms with van der Waals surface area (Å²) in [6.07, 6.45) is 10.5. The number of hydrogen-bond acceptors (Lipinski definition) is 5. The summed E-state index contributed by atoms with van der Waals surface area (Å²) in [5.74, 6) is -1.24. The molecule has 7 heteroatoms. The summed E-state index contributed by atoms with van der Waals surface area (Å²) in [4.78, 5) is 15.5. The first-order chi connectivity index (χ1) is 11.9. The van der Waals surface area contributed by atoms with Crippen LogP contribution in [0.2, 0.25) is 0 Å². The van der Waals surface area contributed by atoms with Crippen LogP contribution in [-0.2, 0) is 19.8 Å². The molecule has 150 valence electrons. The van der Waals surface area contributed by atoms with E-state index in [4.69, 9.17) is 5.26 Å². The molecule has 0 rings (SSSR count). The van der Waals surface area contributed by atoms with E-state index in [1.807, 2.05) is 6.92 Å². The van der Waals surface area contributed by atoms with E-state index in [1.54, 1.807) is 0 Å². The maximum atomic E-state index is 11.6. The summed E-state index contributed by atoms with van der Waals surface area (Å²) in [5, 5.41) is 7.77. The van der Waals surface area contributed by atoms with Gasteiger partial charge in [0, 0.05) is 0 Å². The predicted octanol–water partition coefficient (Wildman–Crippen LogP) is 4.99. The molecule has 0 heterocycles. The van der Waals surface area contributed by atoms with Gasteiger partial charge in [-0.25, -0.2) is 4.79 Å². The fourth-order valence-electron chi connectivity index (χ4n) is 3.08. The van der Waals surface area contributed by atoms with Gasteiger partial charge in [-0.2, -0.15) is 13.7 Å². The molecule has 0 aliphatic rings. The Labute approximate surface area is 153 Å². The maximum absolute atomic E-state index is 11.6. The van der Waals surface area contributed by atoms with Gasteiger partial charge in [-0.15, -0.1) is 0 Å². The molecule has 6 nitrogen and oxygen atoms in total. The Hall–Kier alpha value is -0.660. The van der Waals surface area contributed by atoms with Gasteiger partial charge in [0.1, 0.15) is 0 Å². The van der Waals surface area contributed by atoms with Crippen molar-refractivity contribution < 1.29 is 27.9 Å². The Kier molecular flexibility index (Phi) is 14.1. The highest BCUT2D eigenvalue weighted by Gasteiger charge is 2.27. The van der Waals surface area contributed by atoms with Gasteiger partial charge in [0.05, 0.1) is 11.2 Å². The van der Waals surface area contributed by atoms with E-state index in [9.17, 15) is 17.8 Å². The average molecular weight is 381 g/mol. The van der Waals surface area contributed by atoms with Crippen molar-refractivity contribution in [3.63, 3.8) is 0 Å². The molecule has 0 bridgehead atoms. The minimum Gasteiger partial charge on any atom is -0.301 e. The normalized spacial score (nSPS) is 14.2. The molecule has 0 aromatic heterocycles. The zero-order valence-electron chi connectivity index (χ0n) is 15.8. The molecule has 2 atom stereocenters. The molecule has 0 aromatic rings. The number of carbonyl (C=O) groups excluding carboxylic acids is 1. The standard InChI is InChI=1S/C18H36O6S/c1-3-5-7-8-9-11-13-17(25(21,22)23)15-14-16(18(19)24-20)12-10-6-4-2/h16-17,20H,3-15H2,1-2H3,(H,21,22,23). The van der Waals surface area contributed by atoms with Gasteiger partial charge in [-0.3, -0.25) is 4.55 Å². The molecule has 0 saturated carbocycles. The lowest BCUT2D eigenvalue weighted by atomic mass is 9.94. The first-order valence-electron chi connectivity index (χ1n) is 9.68. The van der Waals surface area contributed by atoms with E-state index >= 15 is 0 Å². The van der Waals surface area contributed by atoms with Crippen molar-refractivity contribution in [2.75, 3.05) is 0 Å². The van der Waals surface area contributed by atoms with E-state index in [0.717, 1.165) is 51.4 Å². The van der Waals surface area contributed by atoms with Crippen LogP contribution in [0.3, 0.4) is 0 Å². The van der Waals surface area contributed by atoms with Crippen LogP contribution in [0.5, 0.6) is 0 Å². The van der Waals surface area contributed by atoms with Crippen LogP contribution >= 0.6 is 0 Å². The van der Waals surface area contributed by atoms with Crippen molar-refractivity contribution in [3.05, 3.63) is 0 Å².